The van der Waals surface area contributed by atoms with E-state index in [0.717, 1.165) is 44.9 Å². The van der Waals surface area contributed by atoms with Crippen molar-refractivity contribution in [1.82, 2.24) is 0 Å². The second kappa shape index (κ2) is 11.5. The fourth-order valence-electron chi connectivity index (χ4n) is 2.90. The van der Waals surface area contributed by atoms with Crippen LogP contribution in [-0.4, -0.2) is 25.2 Å². The Kier molecular flexibility index (Phi) is 9.97. The minimum absolute atomic E-state index is 0.0270. The maximum Gasteiger partial charge on any atom is 0.308 e. The summed E-state index contributed by atoms with van der Waals surface area (Å²) in [6.07, 6.45) is 8.36. The van der Waals surface area contributed by atoms with Gasteiger partial charge in [0.2, 0.25) is 0 Å². The molecule has 4 heteroatoms. The second-order valence-corrected chi connectivity index (χ2v) is 7.13. The van der Waals surface area contributed by atoms with Gasteiger partial charge in [-0.05, 0) is 44.4 Å². The second-order valence-electron chi connectivity index (χ2n) is 7.13. The van der Waals surface area contributed by atoms with Crippen LogP contribution in [0.3, 0.4) is 0 Å². The normalized spacial score (nSPS) is 21.2. The maximum atomic E-state index is 12.0. The zero-order chi connectivity index (χ0) is 17.1. The molecule has 23 heavy (non-hydrogen) atoms. The highest BCUT2D eigenvalue weighted by atomic mass is 16.5. The number of unbranched alkanes of at least 4 members (excludes halogenated alkanes) is 3. The highest BCUT2D eigenvalue weighted by Crippen LogP contribution is 2.30. The molecule has 0 atom stereocenters. The van der Waals surface area contributed by atoms with Crippen molar-refractivity contribution in [1.29, 1.82) is 0 Å². The van der Waals surface area contributed by atoms with E-state index in [-0.39, 0.29) is 23.8 Å². The number of rotatable bonds is 10. The Morgan fingerprint density at radius 2 is 1.39 bits per heavy atom. The van der Waals surface area contributed by atoms with Gasteiger partial charge in [-0.1, -0.05) is 40.0 Å². The number of hydrogen-bond donors (Lipinski definition) is 0. The molecule has 0 radical (unpaired) electrons. The van der Waals surface area contributed by atoms with E-state index >= 15 is 0 Å². The number of carbonyl (C=O) groups is 2. The van der Waals surface area contributed by atoms with Gasteiger partial charge >= 0.3 is 11.9 Å². The summed E-state index contributed by atoms with van der Waals surface area (Å²) in [6, 6.07) is 0. The molecule has 0 aromatic heterocycles. The predicted octanol–water partition coefficient (Wildman–Crippen LogP) is 4.51. The van der Waals surface area contributed by atoms with E-state index in [1.807, 2.05) is 0 Å². The van der Waals surface area contributed by atoms with Crippen LogP contribution >= 0.6 is 0 Å². The van der Waals surface area contributed by atoms with Crippen LogP contribution in [0, 0.1) is 17.8 Å². The predicted molar refractivity (Wildman–Crippen MR) is 91.0 cm³/mol. The molecular weight excluding hydrogens is 292 g/mol. The van der Waals surface area contributed by atoms with Gasteiger partial charge in [-0.3, -0.25) is 9.59 Å². The first-order chi connectivity index (χ1) is 11.0. The Morgan fingerprint density at radius 1 is 0.870 bits per heavy atom. The van der Waals surface area contributed by atoms with Crippen LogP contribution < -0.4 is 0 Å². The molecule has 0 unspecified atom stereocenters. The quantitative estimate of drug-likeness (QED) is 0.438. The van der Waals surface area contributed by atoms with Crippen LogP contribution in [0.1, 0.15) is 78.6 Å². The van der Waals surface area contributed by atoms with E-state index < -0.39 is 0 Å². The van der Waals surface area contributed by atoms with Crippen LogP contribution in [0.4, 0.5) is 0 Å². The Morgan fingerprint density at radius 3 is 1.87 bits per heavy atom. The minimum Gasteiger partial charge on any atom is -0.465 e. The van der Waals surface area contributed by atoms with Crippen molar-refractivity contribution in [2.24, 2.45) is 17.8 Å². The molecule has 0 aliphatic heterocycles. The molecule has 0 bridgehead atoms. The Balaban J connectivity index is 2.16. The number of ether oxygens (including phenoxy) is 2. The molecule has 4 nitrogen and oxygen atoms in total. The lowest BCUT2D eigenvalue weighted by molar-refractivity contribution is -0.155. The van der Waals surface area contributed by atoms with Crippen LogP contribution in [-0.2, 0) is 19.1 Å². The van der Waals surface area contributed by atoms with Crippen molar-refractivity contribution in [3.05, 3.63) is 0 Å². The van der Waals surface area contributed by atoms with Crippen molar-refractivity contribution < 1.29 is 19.1 Å². The zero-order valence-electron chi connectivity index (χ0n) is 15.1. The summed E-state index contributed by atoms with van der Waals surface area (Å²) in [6.45, 7) is 7.45. The smallest absolute Gasteiger partial charge is 0.308 e. The SMILES string of the molecule is CCCCCCOC(=O)C1CCC(C(=O)OCCC(C)C)CC1. The number of hydrogen-bond acceptors (Lipinski definition) is 4. The van der Waals surface area contributed by atoms with Crippen molar-refractivity contribution >= 4 is 11.9 Å². The first-order valence-electron chi connectivity index (χ1n) is 9.37. The fourth-order valence-corrected chi connectivity index (χ4v) is 2.90. The molecule has 1 saturated carbocycles. The van der Waals surface area contributed by atoms with E-state index in [1.54, 1.807) is 0 Å². The first kappa shape index (κ1) is 20.0. The summed E-state index contributed by atoms with van der Waals surface area (Å²) in [5, 5.41) is 0. The standard InChI is InChI=1S/C19H34O4/c1-4-5-6-7-13-22-18(20)16-8-10-17(11-9-16)19(21)23-14-12-15(2)3/h15-17H,4-14H2,1-3H3. The van der Waals surface area contributed by atoms with Crippen molar-refractivity contribution in [2.45, 2.75) is 78.6 Å². The van der Waals surface area contributed by atoms with Gasteiger partial charge in [0.15, 0.2) is 0 Å². The molecule has 0 saturated heterocycles. The third kappa shape index (κ3) is 8.38. The molecule has 0 heterocycles. The number of esters is 2. The van der Waals surface area contributed by atoms with Gasteiger partial charge in [-0.15, -0.1) is 0 Å². The molecule has 0 spiro atoms. The molecule has 134 valence electrons. The van der Waals surface area contributed by atoms with Gasteiger partial charge in [-0.25, -0.2) is 0 Å². The van der Waals surface area contributed by atoms with Crippen LogP contribution in [0.5, 0.6) is 0 Å². The van der Waals surface area contributed by atoms with Crippen LogP contribution in [0.2, 0.25) is 0 Å². The van der Waals surface area contributed by atoms with Crippen LogP contribution in [0.15, 0.2) is 0 Å². The van der Waals surface area contributed by atoms with Crippen molar-refractivity contribution in [3.63, 3.8) is 0 Å². The van der Waals surface area contributed by atoms with Gasteiger partial charge in [0, 0.05) is 0 Å². The maximum absolute atomic E-state index is 12.0. The molecule has 1 rings (SSSR count). The van der Waals surface area contributed by atoms with Gasteiger partial charge in [0.25, 0.3) is 0 Å². The lowest BCUT2D eigenvalue weighted by atomic mass is 9.82. The average Bonchev–Trinajstić information content (AvgIpc) is 2.54. The van der Waals surface area contributed by atoms with Gasteiger partial charge in [-0.2, -0.15) is 0 Å². The highest BCUT2D eigenvalue weighted by Gasteiger charge is 2.31. The van der Waals surface area contributed by atoms with E-state index in [2.05, 4.69) is 20.8 Å². The van der Waals surface area contributed by atoms with Crippen molar-refractivity contribution in [2.75, 3.05) is 13.2 Å². The highest BCUT2D eigenvalue weighted by molar-refractivity contribution is 5.75. The number of carbonyl (C=O) groups excluding carboxylic acids is 2. The van der Waals surface area contributed by atoms with E-state index in [1.165, 1.54) is 12.8 Å². The molecular formula is C19H34O4. The molecule has 0 aromatic carbocycles. The van der Waals surface area contributed by atoms with Crippen molar-refractivity contribution in [3.8, 4) is 0 Å². The summed E-state index contributed by atoms with van der Waals surface area (Å²) >= 11 is 0. The topological polar surface area (TPSA) is 52.6 Å². The Labute approximate surface area is 141 Å². The minimum atomic E-state index is -0.0861. The summed E-state index contributed by atoms with van der Waals surface area (Å²) in [4.78, 5) is 24.0. The van der Waals surface area contributed by atoms with Gasteiger partial charge < -0.3 is 9.47 Å². The summed E-state index contributed by atoms with van der Waals surface area (Å²) in [7, 11) is 0. The van der Waals surface area contributed by atoms with Gasteiger partial charge in [0.05, 0.1) is 25.0 Å². The fraction of sp³-hybridized carbons (Fsp3) is 0.895. The Hall–Kier alpha value is -1.06. The van der Waals surface area contributed by atoms with E-state index in [4.69, 9.17) is 9.47 Å². The summed E-state index contributed by atoms with van der Waals surface area (Å²) < 4.78 is 10.7. The van der Waals surface area contributed by atoms with E-state index in [0.29, 0.717) is 19.1 Å². The molecule has 0 aromatic rings. The molecule has 1 aliphatic rings. The summed E-state index contributed by atoms with van der Waals surface area (Å²) in [5.41, 5.74) is 0. The monoisotopic (exact) mass is 326 g/mol. The van der Waals surface area contributed by atoms with Gasteiger partial charge in [0.1, 0.15) is 0 Å². The molecule has 1 aliphatic carbocycles. The Bertz CT molecular complexity index is 343. The first-order valence-corrected chi connectivity index (χ1v) is 9.37. The lowest BCUT2D eigenvalue weighted by Gasteiger charge is -2.26. The van der Waals surface area contributed by atoms with E-state index in [9.17, 15) is 9.59 Å². The third-order valence-electron chi connectivity index (χ3n) is 4.58. The third-order valence-corrected chi connectivity index (χ3v) is 4.58. The molecule has 0 amide bonds. The largest absolute Gasteiger partial charge is 0.465 e. The van der Waals surface area contributed by atoms with Crippen LogP contribution in [0.25, 0.3) is 0 Å². The lowest BCUT2D eigenvalue weighted by Crippen LogP contribution is -2.28. The summed E-state index contributed by atoms with van der Waals surface area (Å²) in [5.74, 6) is 0.326. The molecule has 0 N–H and O–H groups in total. The average molecular weight is 326 g/mol. The zero-order valence-corrected chi connectivity index (χ0v) is 15.1. The molecule has 1 fully saturated rings.